The number of carbonyl (C=O) groups is 5. The van der Waals surface area contributed by atoms with Crippen LogP contribution in [0.1, 0.15) is 73.1 Å². The minimum atomic E-state index is -1.37. The Morgan fingerprint density at radius 2 is 1.33 bits per heavy atom. The zero-order valence-electron chi connectivity index (χ0n) is 19.9. The standard InChI is InChI=1S/C22H35NO10/c1-6-7-8-9-10-11-18(28)23-19-21(31-15(4)26)20(30-14(3)25)17(12-29-13(2)24)33-22(19)32-16(5)27/h17,19-22H,6-12H2,1-5H3,(H,23,28). The third-order valence-corrected chi connectivity index (χ3v) is 4.82. The van der Waals surface area contributed by atoms with Crippen molar-refractivity contribution >= 4 is 29.8 Å². The van der Waals surface area contributed by atoms with Gasteiger partial charge in [0.05, 0.1) is 0 Å². The van der Waals surface area contributed by atoms with E-state index in [-0.39, 0.29) is 18.9 Å². The second-order valence-corrected chi connectivity index (χ2v) is 7.86. The lowest BCUT2D eigenvalue weighted by Crippen LogP contribution is -2.67. The van der Waals surface area contributed by atoms with Crippen LogP contribution in [0.15, 0.2) is 0 Å². The van der Waals surface area contributed by atoms with Crippen LogP contribution in [0.2, 0.25) is 0 Å². The smallest absolute Gasteiger partial charge is 0.305 e. The first-order chi connectivity index (χ1) is 15.5. The first kappa shape index (κ1) is 28.3. The number of unbranched alkanes of at least 4 members (excludes halogenated alkanes) is 4. The average molecular weight is 474 g/mol. The van der Waals surface area contributed by atoms with Gasteiger partial charge in [0.1, 0.15) is 18.8 Å². The van der Waals surface area contributed by atoms with Crippen LogP contribution in [-0.4, -0.2) is 67.0 Å². The predicted molar refractivity (Wildman–Crippen MR) is 113 cm³/mol. The zero-order chi connectivity index (χ0) is 25.0. The molecule has 5 unspecified atom stereocenters. The predicted octanol–water partition coefficient (Wildman–Crippen LogP) is 1.55. The van der Waals surface area contributed by atoms with Gasteiger partial charge in [0.25, 0.3) is 0 Å². The van der Waals surface area contributed by atoms with E-state index in [0.717, 1.165) is 46.5 Å². The highest BCUT2D eigenvalue weighted by Gasteiger charge is 2.52. The molecule has 188 valence electrons. The number of hydrogen-bond acceptors (Lipinski definition) is 10. The van der Waals surface area contributed by atoms with E-state index in [1.54, 1.807) is 0 Å². The molecule has 1 N–H and O–H groups in total. The van der Waals surface area contributed by atoms with Crippen molar-refractivity contribution < 1.29 is 47.7 Å². The van der Waals surface area contributed by atoms with Crippen molar-refractivity contribution in [1.29, 1.82) is 0 Å². The fourth-order valence-electron chi connectivity index (χ4n) is 3.47. The molecule has 0 aliphatic carbocycles. The van der Waals surface area contributed by atoms with Crippen LogP contribution in [0.3, 0.4) is 0 Å². The maximum absolute atomic E-state index is 12.6. The molecule has 1 heterocycles. The molecule has 11 nitrogen and oxygen atoms in total. The number of carbonyl (C=O) groups excluding carboxylic acids is 5. The monoisotopic (exact) mass is 473 g/mol. The molecule has 11 heteroatoms. The Morgan fingerprint density at radius 1 is 0.758 bits per heavy atom. The molecule has 0 aromatic heterocycles. The largest absolute Gasteiger partial charge is 0.463 e. The Morgan fingerprint density at radius 3 is 1.88 bits per heavy atom. The number of esters is 4. The van der Waals surface area contributed by atoms with Gasteiger partial charge in [-0.15, -0.1) is 0 Å². The Bertz CT molecular complexity index is 695. The second-order valence-electron chi connectivity index (χ2n) is 7.86. The molecule has 0 bridgehead atoms. The summed E-state index contributed by atoms with van der Waals surface area (Å²) in [4.78, 5) is 59.2. The number of rotatable bonds is 12. The second kappa shape index (κ2) is 14.5. The maximum atomic E-state index is 12.6. The van der Waals surface area contributed by atoms with Crippen molar-refractivity contribution in [2.45, 2.75) is 104 Å². The van der Waals surface area contributed by atoms with Gasteiger partial charge in [-0.25, -0.2) is 0 Å². The van der Waals surface area contributed by atoms with Gasteiger partial charge in [0, 0.05) is 34.1 Å². The van der Waals surface area contributed by atoms with Crippen molar-refractivity contribution in [1.82, 2.24) is 5.32 Å². The van der Waals surface area contributed by atoms with Gasteiger partial charge in [-0.05, 0) is 6.42 Å². The van der Waals surface area contributed by atoms with Crippen LogP contribution >= 0.6 is 0 Å². The zero-order valence-corrected chi connectivity index (χ0v) is 19.9. The summed E-state index contributed by atoms with van der Waals surface area (Å²) in [6, 6.07) is -1.15. The Kier molecular flexibility index (Phi) is 12.4. The van der Waals surface area contributed by atoms with E-state index in [4.69, 9.17) is 23.7 Å². The van der Waals surface area contributed by atoms with Crippen molar-refractivity contribution in [2.75, 3.05) is 6.61 Å². The molecule has 1 aliphatic rings. The molecule has 33 heavy (non-hydrogen) atoms. The molecule has 1 amide bonds. The van der Waals surface area contributed by atoms with Crippen LogP contribution in [0.25, 0.3) is 0 Å². The number of hydrogen-bond donors (Lipinski definition) is 1. The fourth-order valence-corrected chi connectivity index (χ4v) is 3.47. The summed E-state index contributed by atoms with van der Waals surface area (Å²) in [7, 11) is 0. The quantitative estimate of drug-likeness (QED) is 0.252. The lowest BCUT2D eigenvalue weighted by molar-refractivity contribution is -0.271. The summed E-state index contributed by atoms with van der Waals surface area (Å²) in [6.07, 6.45) is -0.0783. The van der Waals surface area contributed by atoms with Gasteiger partial charge < -0.3 is 29.0 Å². The van der Waals surface area contributed by atoms with Gasteiger partial charge in [-0.2, -0.15) is 0 Å². The van der Waals surface area contributed by atoms with Gasteiger partial charge in [0.15, 0.2) is 12.2 Å². The Hall–Kier alpha value is -2.69. The summed E-state index contributed by atoms with van der Waals surface area (Å²) in [5.41, 5.74) is 0. The Balaban J connectivity index is 3.14. The third kappa shape index (κ3) is 10.6. The van der Waals surface area contributed by atoms with E-state index in [2.05, 4.69) is 12.2 Å². The highest BCUT2D eigenvalue weighted by Crippen LogP contribution is 2.28. The third-order valence-electron chi connectivity index (χ3n) is 4.82. The number of ether oxygens (including phenoxy) is 5. The maximum Gasteiger partial charge on any atom is 0.305 e. The van der Waals surface area contributed by atoms with E-state index in [9.17, 15) is 24.0 Å². The number of nitrogens with one attached hydrogen (secondary N) is 1. The number of amides is 1. The van der Waals surface area contributed by atoms with Crippen molar-refractivity contribution in [3.8, 4) is 0 Å². The van der Waals surface area contributed by atoms with E-state index in [1.165, 1.54) is 6.92 Å². The van der Waals surface area contributed by atoms with Crippen molar-refractivity contribution in [3.63, 3.8) is 0 Å². The molecule has 0 aromatic carbocycles. The topological polar surface area (TPSA) is 144 Å². The van der Waals surface area contributed by atoms with Gasteiger partial charge >= 0.3 is 23.9 Å². The van der Waals surface area contributed by atoms with E-state index < -0.39 is 54.5 Å². The molecule has 1 rings (SSSR count). The van der Waals surface area contributed by atoms with Crippen molar-refractivity contribution in [2.24, 2.45) is 0 Å². The Labute approximate surface area is 193 Å². The minimum Gasteiger partial charge on any atom is -0.463 e. The minimum absolute atomic E-state index is 0.203. The molecule has 1 fully saturated rings. The molecule has 1 aliphatic heterocycles. The van der Waals surface area contributed by atoms with Gasteiger partial charge in [-0.1, -0.05) is 32.6 Å². The van der Waals surface area contributed by atoms with E-state index in [1.807, 2.05) is 0 Å². The highest BCUT2D eigenvalue weighted by molar-refractivity contribution is 5.76. The molecule has 0 saturated carbocycles. The summed E-state index contributed by atoms with van der Waals surface area (Å²) >= 11 is 0. The molecule has 0 aromatic rings. The SMILES string of the molecule is CCCCCCCC(=O)NC1C(OC(C)=O)OC(COC(C)=O)C(OC(C)=O)C1OC(C)=O. The molecule has 1 saturated heterocycles. The summed E-state index contributed by atoms with van der Waals surface area (Å²) in [5, 5.41) is 2.69. The fraction of sp³-hybridized carbons (Fsp3) is 0.773. The normalized spacial score (nSPS) is 24.3. The van der Waals surface area contributed by atoms with Crippen LogP contribution < -0.4 is 5.32 Å². The highest BCUT2D eigenvalue weighted by atomic mass is 16.7. The lowest BCUT2D eigenvalue weighted by atomic mass is 9.95. The van der Waals surface area contributed by atoms with E-state index >= 15 is 0 Å². The van der Waals surface area contributed by atoms with Crippen LogP contribution in [0.4, 0.5) is 0 Å². The van der Waals surface area contributed by atoms with Gasteiger partial charge in [-0.3, -0.25) is 24.0 Å². The first-order valence-corrected chi connectivity index (χ1v) is 11.1. The lowest BCUT2D eigenvalue weighted by Gasteiger charge is -2.44. The summed E-state index contributed by atoms with van der Waals surface area (Å²) < 4.78 is 26.6. The summed E-state index contributed by atoms with van der Waals surface area (Å²) in [5.74, 6) is -3.12. The molecule has 0 radical (unpaired) electrons. The van der Waals surface area contributed by atoms with Crippen LogP contribution in [-0.2, 0) is 47.7 Å². The molecular weight excluding hydrogens is 438 g/mol. The van der Waals surface area contributed by atoms with Crippen LogP contribution in [0, 0.1) is 0 Å². The van der Waals surface area contributed by atoms with Gasteiger partial charge in [0.2, 0.25) is 12.2 Å². The van der Waals surface area contributed by atoms with Crippen molar-refractivity contribution in [3.05, 3.63) is 0 Å². The van der Waals surface area contributed by atoms with E-state index in [0.29, 0.717) is 6.42 Å². The first-order valence-electron chi connectivity index (χ1n) is 11.1. The molecule has 5 atom stereocenters. The summed E-state index contributed by atoms with van der Waals surface area (Å²) in [6.45, 7) is 6.36. The molecule has 0 spiro atoms. The van der Waals surface area contributed by atoms with Crippen LogP contribution in [0.5, 0.6) is 0 Å². The molecular formula is C22H35NO10. The average Bonchev–Trinajstić information content (AvgIpc) is 2.69.